The van der Waals surface area contributed by atoms with Crippen molar-refractivity contribution in [1.29, 1.82) is 0 Å². The Balaban J connectivity index is 4.72. The SMILES string of the molecule is CCC(C)(C)OC(=O)C(CCCCC(C)(C)C)OC(C)(C)CC. The Morgan fingerprint density at radius 2 is 1.39 bits per heavy atom. The maximum Gasteiger partial charge on any atom is 0.335 e. The molecule has 0 saturated carbocycles. The molecule has 0 aliphatic carbocycles. The predicted octanol–water partition coefficient (Wildman–Crippen LogP) is 5.90. The summed E-state index contributed by atoms with van der Waals surface area (Å²) >= 11 is 0. The highest BCUT2D eigenvalue weighted by atomic mass is 16.6. The number of ether oxygens (including phenoxy) is 2. The molecule has 1 unspecified atom stereocenters. The van der Waals surface area contributed by atoms with Crippen molar-refractivity contribution < 1.29 is 14.3 Å². The minimum atomic E-state index is -0.462. The van der Waals surface area contributed by atoms with E-state index >= 15 is 0 Å². The van der Waals surface area contributed by atoms with Gasteiger partial charge in [-0.15, -0.1) is 0 Å². The third-order valence-electron chi connectivity index (χ3n) is 4.45. The van der Waals surface area contributed by atoms with E-state index in [9.17, 15) is 4.79 Å². The van der Waals surface area contributed by atoms with Gasteiger partial charge in [0, 0.05) is 0 Å². The van der Waals surface area contributed by atoms with Crippen LogP contribution >= 0.6 is 0 Å². The highest BCUT2D eigenvalue weighted by Crippen LogP contribution is 2.26. The van der Waals surface area contributed by atoms with Gasteiger partial charge >= 0.3 is 5.97 Å². The lowest BCUT2D eigenvalue weighted by Crippen LogP contribution is -2.39. The molecule has 0 saturated heterocycles. The fourth-order valence-corrected chi connectivity index (χ4v) is 2.09. The average Bonchev–Trinajstić information content (AvgIpc) is 2.40. The maximum absolute atomic E-state index is 12.6. The molecule has 0 aromatic heterocycles. The third-order valence-corrected chi connectivity index (χ3v) is 4.45. The number of unbranched alkanes of at least 4 members (excludes halogenated alkanes) is 1. The molecule has 0 N–H and O–H groups in total. The summed E-state index contributed by atoms with van der Waals surface area (Å²) in [5.41, 5.74) is -0.395. The second-order valence-electron chi connectivity index (χ2n) is 9.06. The molecule has 1 atom stereocenters. The molecule has 0 fully saturated rings. The molecule has 0 aliphatic heterocycles. The molecular formula is C20H40O3. The zero-order valence-corrected chi connectivity index (χ0v) is 17.0. The average molecular weight is 329 g/mol. The molecule has 0 amide bonds. The van der Waals surface area contributed by atoms with Gasteiger partial charge in [0.05, 0.1) is 5.60 Å². The Morgan fingerprint density at radius 1 is 0.870 bits per heavy atom. The first kappa shape index (κ1) is 22.4. The van der Waals surface area contributed by atoms with E-state index in [1.807, 2.05) is 34.6 Å². The van der Waals surface area contributed by atoms with Crippen LogP contribution in [0, 0.1) is 5.41 Å². The monoisotopic (exact) mass is 328 g/mol. The number of esters is 1. The zero-order chi connectivity index (χ0) is 18.3. The van der Waals surface area contributed by atoms with E-state index in [-0.39, 0.29) is 11.6 Å². The summed E-state index contributed by atoms with van der Waals surface area (Å²) in [7, 11) is 0. The van der Waals surface area contributed by atoms with E-state index in [1.54, 1.807) is 0 Å². The van der Waals surface area contributed by atoms with Gasteiger partial charge in [0.2, 0.25) is 0 Å². The van der Waals surface area contributed by atoms with Gasteiger partial charge in [0.25, 0.3) is 0 Å². The van der Waals surface area contributed by atoms with Crippen molar-refractivity contribution in [2.75, 3.05) is 0 Å². The van der Waals surface area contributed by atoms with E-state index in [4.69, 9.17) is 9.47 Å². The number of hydrogen-bond donors (Lipinski definition) is 0. The summed E-state index contributed by atoms with van der Waals surface area (Å²) < 4.78 is 11.8. The highest BCUT2D eigenvalue weighted by Gasteiger charge is 2.31. The first-order chi connectivity index (χ1) is 10.3. The number of carbonyl (C=O) groups is 1. The fraction of sp³-hybridized carbons (Fsp3) is 0.950. The Morgan fingerprint density at radius 3 is 1.83 bits per heavy atom. The fourth-order valence-electron chi connectivity index (χ4n) is 2.09. The van der Waals surface area contributed by atoms with Gasteiger partial charge in [-0.3, -0.25) is 0 Å². The molecule has 0 aliphatic rings. The van der Waals surface area contributed by atoms with E-state index in [2.05, 4.69) is 27.7 Å². The van der Waals surface area contributed by atoms with Crippen LogP contribution in [0.3, 0.4) is 0 Å². The van der Waals surface area contributed by atoms with Crippen molar-refractivity contribution >= 4 is 5.97 Å². The van der Waals surface area contributed by atoms with Crippen LogP contribution in [0.25, 0.3) is 0 Å². The van der Waals surface area contributed by atoms with Crippen LogP contribution in [-0.2, 0) is 14.3 Å². The first-order valence-electron chi connectivity index (χ1n) is 9.22. The van der Waals surface area contributed by atoms with E-state index in [0.29, 0.717) is 5.41 Å². The summed E-state index contributed by atoms with van der Waals surface area (Å²) in [6.07, 6.45) is 5.20. The van der Waals surface area contributed by atoms with Gasteiger partial charge in [-0.05, 0) is 58.8 Å². The van der Waals surface area contributed by atoms with Gasteiger partial charge in [0.1, 0.15) is 5.60 Å². The Labute approximate surface area is 144 Å². The molecular weight excluding hydrogens is 288 g/mol. The minimum absolute atomic E-state index is 0.214. The maximum atomic E-state index is 12.6. The number of hydrogen-bond acceptors (Lipinski definition) is 3. The molecule has 0 aromatic rings. The molecule has 138 valence electrons. The largest absolute Gasteiger partial charge is 0.458 e. The van der Waals surface area contributed by atoms with Crippen molar-refractivity contribution in [2.24, 2.45) is 5.41 Å². The molecule has 0 bridgehead atoms. The van der Waals surface area contributed by atoms with Crippen LogP contribution in [0.5, 0.6) is 0 Å². The van der Waals surface area contributed by atoms with Crippen LogP contribution < -0.4 is 0 Å². The van der Waals surface area contributed by atoms with E-state index < -0.39 is 11.7 Å². The molecule has 0 radical (unpaired) electrons. The van der Waals surface area contributed by atoms with Crippen LogP contribution in [0.2, 0.25) is 0 Å². The standard InChI is InChI=1S/C20H40O3/c1-10-19(6,7)22-16(14-12-13-15-18(3,4)5)17(21)23-20(8,9)11-2/h16H,10-15H2,1-9H3. The van der Waals surface area contributed by atoms with Crippen molar-refractivity contribution in [1.82, 2.24) is 0 Å². The van der Waals surface area contributed by atoms with Crippen molar-refractivity contribution in [3.63, 3.8) is 0 Å². The van der Waals surface area contributed by atoms with Gasteiger partial charge in [0.15, 0.2) is 6.10 Å². The van der Waals surface area contributed by atoms with Crippen molar-refractivity contribution in [3.8, 4) is 0 Å². The molecule has 0 rings (SSSR count). The van der Waals surface area contributed by atoms with Gasteiger partial charge in [-0.1, -0.05) is 47.5 Å². The Bertz CT molecular complexity index is 350. The molecule has 3 nitrogen and oxygen atoms in total. The Kier molecular flexibility index (Phi) is 8.83. The van der Waals surface area contributed by atoms with E-state index in [1.165, 1.54) is 0 Å². The van der Waals surface area contributed by atoms with E-state index in [0.717, 1.165) is 38.5 Å². The van der Waals surface area contributed by atoms with Crippen LogP contribution in [0.15, 0.2) is 0 Å². The highest BCUT2D eigenvalue weighted by molar-refractivity contribution is 5.75. The van der Waals surface area contributed by atoms with Gasteiger partial charge < -0.3 is 9.47 Å². The minimum Gasteiger partial charge on any atom is -0.458 e. The predicted molar refractivity (Wildman–Crippen MR) is 97.6 cm³/mol. The topological polar surface area (TPSA) is 35.5 Å². The quantitative estimate of drug-likeness (QED) is 0.370. The normalized spacial score (nSPS) is 14.7. The number of rotatable bonds is 10. The second kappa shape index (κ2) is 9.05. The zero-order valence-electron chi connectivity index (χ0n) is 17.0. The first-order valence-corrected chi connectivity index (χ1v) is 9.22. The summed E-state index contributed by atoms with van der Waals surface area (Å²) in [6.45, 7) is 18.8. The molecule has 0 heterocycles. The van der Waals surface area contributed by atoms with Crippen molar-refractivity contribution in [2.45, 2.75) is 118 Å². The second-order valence-corrected chi connectivity index (χ2v) is 9.06. The van der Waals surface area contributed by atoms with Crippen LogP contribution in [0.4, 0.5) is 0 Å². The number of carbonyl (C=O) groups excluding carboxylic acids is 1. The third kappa shape index (κ3) is 10.8. The molecule has 0 spiro atoms. The Hall–Kier alpha value is -0.570. The van der Waals surface area contributed by atoms with Crippen LogP contribution in [-0.4, -0.2) is 23.3 Å². The van der Waals surface area contributed by atoms with Gasteiger partial charge in [-0.2, -0.15) is 0 Å². The summed E-state index contributed by atoms with van der Waals surface area (Å²) in [6, 6.07) is 0. The molecule has 0 aromatic carbocycles. The summed E-state index contributed by atoms with van der Waals surface area (Å²) in [5, 5.41) is 0. The lowest BCUT2D eigenvalue weighted by Gasteiger charge is -2.32. The lowest BCUT2D eigenvalue weighted by atomic mass is 9.89. The smallest absolute Gasteiger partial charge is 0.335 e. The molecule has 23 heavy (non-hydrogen) atoms. The molecule has 3 heteroatoms. The van der Waals surface area contributed by atoms with Crippen LogP contribution in [0.1, 0.15) is 101 Å². The van der Waals surface area contributed by atoms with Gasteiger partial charge in [-0.25, -0.2) is 4.79 Å². The summed E-state index contributed by atoms with van der Waals surface area (Å²) in [4.78, 5) is 12.6. The lowest BCUT2D eigenvalue weighted by molar-refractivity contribution is -0.181. The summed E-state index contributed by atoms with van der Waals surface area (Å²) in [5.74, 6) is -0.214. The van der Waals surface area contributed by atoms with Crippen molar-refractivity contribution in [3.05, 3.63) is 0 Å².